The monoisotopic (exact) mass is 223 g/mol. The highest BCUT2D eigenvalue weighted by Gasteiger charge is 2.56. The van der Waals surface area contributed by atoms with E-state index < -0.39 is 11.8 Å². The van der Waals surface area contributed by atoms with Crippen LogP contribution in [0.15, 0.2) is 0 Å². The molecule has 0 aromatic rings. The quantitative estimate of drug-likeness (QED) is 0.697. The lowest BCUT2D eigenvalue weighted by molar-refractivity contribution is -0.120. The molecule has 0 bridgehead atoms. The Bertz CT molecular complexity index is 211. The number of hydrogen-bond donors (Lipinski definition) is 1. The molecule has 1 saturated carbocycles. The van der Waals surface area contributed by atoms with Gasteiger partial charge in [0.25, 0.3) is 5.92 Å². The second kappa shape index (κ2) is 4.96. The normalized spacial score (nSPS) is 23.2. The van der Waals surface area contributed by atoms with Crippen LogP contribution in [-0.2, 0) is 4.79 Å². The van der Waals surface area contributed by atoms with Crippen LogP contribution in [0.3, 0.4) is 0 Å². The first-order valence-electron chi connectivity index (χ1n) is 4.78. The molecule has 0 saturated heterocycles. The summed E-state index contributed by atoms with van der Waals surface area (Å²) in [4.78, 5) is 11.0. The van der Waals surface area contributed by atoms with Gasteiger partial charge in [0.1, 0.15) is 0 Å². The SMILES string of the molecule is CCNC(=O)CCSCC1CC1(F)F. The molecule has 1 fully saturated rings. The van der Waals surface area contributed by atoms with E-state index in [9.17, 15) is 13.6 Å². The van der Waals surface area contributed by atoms with Gasteiger partial charge >= 0.3 is 0 Å². The summed E-state index contributed by atoms with van der Waals surface area (Å²) in [5.41, 5.74) is 0. The standard InChI is InChI=1S/C9H15F2NOS/c1-2-12-8(13)3-4-14-6-7-5-9(7,10)11/h7H,2-6H2,1H3,(H,12,13). The number of amides is 1. The second-order valence-corrected chi connectivity index (χ2v) is 4.59. The first-order chi connectivity index (χ1) is 6.56. The predicted molar refractivity (Wildman–Crippen MR) is 53.7 cm³/mol. The van der Waals surface area contributed by atoms with Crippen LogP contribution in [0.4, 0.5) is 8.78 Å². The van der Waals surface area contributed by atoms with Gasteiger partial charge in [0.05, 0.1) is 0 Å². The molecule has 1 atom stereocenters. The van der Waals surface area contributed by atoms with Crippen LogP contribution in [0.5, 0.6) is 0 Å². The van der Waals surface area contributed by atoms with Crippen molar-refractivity contribution in [3.63, 3.8) is 0 Å². The van der Waals surface area contributed by atoms with Crippen molar-refractivity contribution in [3.05, 3.63) is 0 Å². The minimum Gasteiger partial charge on any atom is -0.356 e. The van der Waals surface area contributed by atoms with Crippen LogP contribution in [0.2, 0.25) is 0 Å². The number of halogens is 2. The summed E-state index contributed by atoms with van der Waals surface area (Å²) in [7, 11) is 0. The van der Waals surface area contributed by atoms with Gasteiger partial charge in [-0.3, -0.25) is 4.79 Å². The average Bonchev–Trinajstić information content (AvgIpc) is 2.69. The molecule has 1 N–H and O–H groups in total. The third kappa shape index (κ3) is 3.82. The van der Waals surface area contributed by atoms with E-state index in [4.69, 9.17) is 0 Å². The minimum absolute atomic E-state index is 0.00237. The molecular weight excluding hydrogens is 208 g/mol. The Morgan fingerprint density at radius 2 is 2.29 bits per heavy atom. The maximum atomic E-state index is 12.4. The zero-order valence-corrected chi connectivity index (χ0v) is 9.00. The molecule has 2 nitrogen and oxygen atoms in total. The van der Waals surface area contributed by atoms with Crippen molar-refractivity contribution in [1.82, 2.24) is 5.32 Å². The molecule has 0 aromatic carbocycles. The molecule has 0 aliphatic heterocycles. The summed E-state index contributed by atoms with van der Waals surface area (Å²) >= 11 is 1.44. The van der Waals surface area contributed by atoms with Gasteiger partial charge in [-0.25, -0.2) is 8.78 Å². The summed E-state index contributed by atoms with van der Waals surface area (Å²) in [6, 6.07) is 0. The fourth-order valence-corrected chi connectivity index (χ4v) is 2.27. The highest BCUT2D eigenvalue weighted by Crippen LogP contribution is 2.50. The Kier molecular flexibility index (Phi) is 4.16. The summed E-state index contributed by atoms with van der Waals surface area (Å²) in [5.74, 6) is -1.74. The molecule has 5 heteroatoms. The van der Waals surface area contributed by atoms with E-state index in [2.05, 4.69) is 5.32 Å². The second-order valence-electron chi connectivity index (χ2n) is 3.44. The Balaban J connectivity index is 1.93. The van der Waals surface area contributed by atoms with E-state index in [0.29, 0.717) is 24.5 Å². The zero-order valence-electron chi connectivity index (χ0n) is 8.19. The lowest BCUT2D eigenvalue weighted by atomic mass is 10.4. The molecule has 0 heterocycles. The fourth-order valence-electron chi connectivity index (χ4n) is 1.13. The van der Waals surface area contributed by atoms with Crippen molar-refractivity contribution in [2.75, 3.05) is 18.1 Å². The van der Waals surface area contributed by atoms with E-state index in [1.165, 1.54) is 11.8 Å². The summed E-state index contributed by atoms with van der Waals surface area (Å²) in [6.45, 7) is 2.49. The summed E-state index contributed by atoms with van der Waals surface area (Å²) < 4.78 is 24.8. The van der Waals surface area contributed by atoms with Crippen molar-refractivity contribution in [1.29, 1.82) is 0 Å². The van der Waals surface area contributed by atoms with E-state index in [-0.39, 0.29) is 12.3 Å². The molecular formula is C9H15F2NOS. The lowest BCUT2D eigenvalue weighted by Gasteiger charge is -2.01. The fraction of sp³-hybridized carbons (Fsp3) is 0.889. The molecule has 1 unspecified atom stereocenters. The van der Waals surface area contributed by atoms with Gasteiger partial charge in [0, 0.05) is 36.8 Å². The molecule has 14 heavy (non-hydrogen) atoms. The van der Waals surface area contributed by atoms with Crippen LogP contribution >= 0.6 is 11.8 Å². The van der Waals surface area contributed by atoms with Gasteiger partial charge < -0.3 is 5.32 Å². The smallest absolute Gasteiger partial charge is 0.252 e. The highest BCUT2D eigenvalue weighted by atomic mass is 32.2. The first-order valence-corrected chi connectivity index (χ1v) is 5.94. The number of carbonyl (C=O) groups excluding carboxylic acids is 1. The van der Waals surface area contributed by atoms with Gasteiger partial charge in [-0.15, -0.1) is 0 Å². The largest absolute Gasteiger partial charge is 0.356 e. The average molecular weight is 223 g/mol. The molecule has 0 aromatic heterocycles. The van der Waals surface area contributed by atoms with Gasteiger partial charge in [-0.05, 0) is 6.92 Å². The van der Waals surface area contributed by atoms with Crippen molar-refractivity contribution < 1.29 is 13.6 Å². The van der Waals surface area contributed by atoms with Crippen LogP contribution in [0, 0.1) is 5.92 Å². The van der Waals surface area contributed by atoms with E-state index in [1.54, 1.807) is 0 Å². The Morgan fingerprint density at radius 1 is 1.64 bits per heavy atom. The van der Waals surface area contributed by atoms with Crippen molar-refractivity contribution in [2.45, 2.75) is 25.7 Å². The van der Waals surface area contributed by atoms with Crippen molar-refractivity contribution in [3.8, 4) is 0 Å². The predicted octanol–water partition coefficient (Wildman–Crippen LogP) is 1.90. The van der Waals surface area contributed by atoms with Crippen LogP contribution < -0.4 is 5.32 Å². The van der Waals surface area contributed by atoms with Gasteiger partial charge in [0.15, 0.2) is 0 Å². The van der Waals surface area contributed by atoms with E-state index >= 15 is 0 Å². The minimum atomic E-state index is -2.42. The maximum Gasteiger partial charge on any atom is 0.252 e. The Hall–Kier alpha value is -0.320. The number of carbonyl (C=O) groups is 1. The number of nitrogens with one attached hydrogen (secondary N) is 1. The third-order valence-electron chi connectivity index (χ3n) is 2.12. The first kappa shape index (κ1) is 11.8. The van der Waals surface area contributed by atoms with Gasteiger partial charge in [-0.2, -0.15) is 11.8 Å². The lowest BCUT2D eigenvalue weighted by Crippen LogP contribution is -2.22. The molecule has 0 radical (unpaired) electrons. The van der Waals surface area contributed by atoms with E-state index in [0.717, 1.165) is 0 Å². The summed E-state index contributed by atoms with van der Waals surface area (Å²) in [6.07, 6.45) is 0.456. The molecule has 1 rings (SSSR count). The third-order valence-corrected chi connectivity index (χ3v) is 3.25. The van der Waals surface area contributed by atoms with Crippen LogP contribution in [0.1, 0.15) is 19.8 Å². The highest BCUT2D eigenvalue weighted by molar-refractivity contribution is 7.99. The maximum absolute atomic E-state index is 12.4. The van der Waals surface area contributed by atoms with Crippen LogP contribution in [-0.4, -0.2) is 29.9 Å². The van der Waals surface area contributed by atoms with Gasteiger partial charge in [0.2, 0.25) is 5.91 Å². The Labute approximate surface area is 86.8 Å². The van der Waals surface area contributed by atoms with Crippen LogP contribution in [0.25, 0.3) is 0 Å². The number of alkyl halides is 2. The number of hydrogen-bond acceptors (Lipinski definition) is 2. The van der Waals surface area contributed by atoms with E-state index in [1.807, 2.05) is 6.92 Å². The molecule has 1 aliphatic rings. The summed E-state index contributed by atoms with van der Waals surface area (Å²) in [5, 5.41) is 2.67. The number of thioether (sulfide) groups is 1. The molecule has 0 spiro atoms. The zero-order chi connectivity index (χ0) is 10.6. The van der Waals surface area contributed by atoms with Crippen molar-refractivity contribution in [2.24, 2.45) is 5.92 Å². The Morgan fingerprint density at radius 3 is 2.79 bits per heavy atom. The molecule has 1 amide bonds. The molecule has 1 aliphatic carbocycles. The topological polar surface area (TPSA) is 29.1 Å². The van der Waals surface area contributed by atoms with Gasteiger partial charge in [-0.1, -0.05) is 0 Å². The molecule has 82 valence electrons. The number of rotatable bonds is 6. The van der Waals surface area contributed by atoms with Crippen molar-refractivity contribution >= 4 is 17.7 Å².